The number of methoxy groups -OCH3 is 1. The second-order valence-electron chi connectivity index (χ2n) is 6.54. The Balaban J connectivity index is 2.01. The molecule has 0 aliphatic heterocycles. The molecule has 0 bridgehead atoms. The SMILES string of the molecule is CCOC(=O)COCCCOc1ccccc1N(C)C(=O)c1ccc([N+](=O)[O-])c(OC)c1. The molecule has 10 heteroatoms. The van der Waals surface area contributed by atoms with Gasteiger partial charge in [-0.2, -0.15) is 0 Å². The molecule has 0 saturated heterocycles. The van der Waals surface area contributed by atoms with Crippen molar-refractivity contribution in [2.24, 2.45) is 0 Å². The summed E-state index contributed by atoms with van der Waals surface area (Å²) in [6.45, 7) is 2.55. The number of nitrogens with zero attached hydrogens (tertiary/aromatic N) is 2. The zero-order valence-electron chi connectivity index (χ0n) is 18.2. The van der Waals surface area contributed by atoms with Crippen LogP contribution < -0.4 is 14.4 Å². The van der Waals surface area contributed by atoms with Gasteiger partial charge in [-0.05, 0) is 25.1 Å². The number of benzene rings is 2. The van der Waals surface area contributed by atoms with Crippen LogP contribution in [-0.4, -0.2) is 57.4 Å². The average molecular weight is 446 g/mol. The lowest BCUT2D eigenvalue weighted by Gasteiger charge is -2.21. The number of ether oxygens (including phenoxy) is 4. The predicted molar refractivity (Wildman–Crippen MR) is 116 cm³/mol. The van der Waals surface area contributed by atoms with E-state index in [2.05, 4.69) is 0 Å². The van der Waals surface area contributed by atoms with Gasteiger partial charge in [0, 0.05) is 31.2 Å². The Morgan fingerprint density at radius 3 is 2.53 bits per heavy atom. The third kappa shape index (κ3) is 6.67. The van der Waals surface area contributed by atoms with Gasteiger partial charge in [0.2, 0.25) is 0 Å². The van der Waals surface area contributed by atoms with E-state index >= 15 is 0 Å². The molecule has 0 aliphatic carbocycles. The first-order valence-corrected chi connectivity index (χ1v) is 9.94. The summed E-state index contributed by atoms with van der Waals surface area (Å²) in [5, 5.41) is 11.1. The lowest BCUT2D eigenvalue weighted by Crippen LogP contribution is -2.27. The minimum absolute atomic E-state index is 0.00148. The van der Waals surface area contributed by atoms with Crippen molar-refractivity contribution < 1.29 is 33.5 Å². The molecule has 2 aromatic rings. The molecule has 0 heterocycles. The van der Waals surface area contributed by atoms with Crippen LogP contribution >= 0.6 is 0 Å². The number of hydrogen-bond donors (Lipinski definition) is 0. The van der Waals surface area contributed by atoms with Crippen molar-refractivity contribution in [1.29, 1.82) is 0 Å². The smallest absolute Gasteiger partial charge is 0.332 e. The summed E-state index contributed by atoms with van der Waals surface area (Å²) in [7, 11) is 2.89. The van der Waals surface area contributed by atoms with Crippen LogP contribution in [0.5, 0.6) is 11.5 Å². The number of amides is 1. The number of esters is 1. The monoisotopic (exact) mass is 446 g/mol. The highest BCUT2D eigenvalue weighted by Crippen LogP contribution is 2.31. The van der Waals surface area contributed by atoms with Crippen molar-refractivity contribution in [3.05, 3.63) is 58.1 Å². The minimum Gasteiger partial charge on any atom is -0.491 e. The first-order valence-electron chi connectivity index (χ1n) is 9.94. The Hall–Kier alpha value is -3.66. The van der Waals surface area contributed by atoms with E-state index < -0.39 is 10.9 Å². The number of nitro groups is 1. The van der Waals surface area contributed by atoms with E-state index in [1.165, 1.54) is 30.2 Å². The lowest BCUT2D eigenvalue weighted by atomic mass is 10.1. The molecule has 172 valence electrons. The maximum absolute atomic E-state index is 13.0. The van der Waals surface area contributed by atoms with Gasteiger partial charge in [-0.3, -0.25) is 14.9 Å². The second-order valence-corrected chi connectivity index (χ2v) is 6.54. The molecule has 0 fully saturated rings. The summed E-state index contributed by atoms with van der Waals surface area (Å²) in [6.07, 6.45) is 0.533. The number of rotatable bonds is 12. The molecule has 10 nitrogen and oxygen atoms in total. The summed E-state index contributed by atoms with van der Waals surface area (Å²) in [6, 6.07) is 11.0. The summed E-state index contributed by atoms with van der Waals surface area (Å²) in [5.74, 6) is -0.307. The van der Waals surface area contributed by atoms with Crippen LogP contribution in [0, 0.1) is 10.1 Å². The molecule has 0 radical (unpaired) electrons. The summed E-state index contributed by atoms with van der Waals surface area (Å²) in [4.78, 5) is 36.1. The Morgan fingerprint density at radius 2 is 1.84 bits per heavy atom. The Morgan fingerprint density at radius 1 is 1.09 bits per heavy atom. The zero-order valence-corrected chi connectivity index (χ0v) is 18.2. The van der Waals surface area contributed by atoms with Crippen LogP contribution in [-0.2, 0) is 14.3 Å². The van der Waals surface area contributed by atoms with Crippen molar-refractivity contribution in [3.63, 3.8) is 0 Å². The van der Waals surface area contributed by atoms with E-state index in [9.17, 15) is 19.7 Å². The molecular formula is C22H26N2O8. The van der Waals surface area contributed by atoms with Gasteiger partial charge in [-0.1, -0.05) is 12.1 Å². The second kappa shape index (κ2) is 12.3. The van der Waals surface area contributed by atoms with Gasteiger partial charge in [-0.15, -0.1) is 0 Å². The first-order chi connectivity index (χ1) is 15.4. The highest BCUT2D eigenvalue weighted by molar-refractivity contribution is 6.07. The van der Waals surface area contributed by atoms with Crippen LogP contribution in [0.3, 0.4) is 0 Å². The largest absolute Gasteiger partial charge is 0.491 e. The third-order valence-corrected chi connectivity index (χ3v) is 4.37. The first kappa shape index (κ1) is 24.6. The fourth-order valence-corrected chi connectivity index (χ4v) is 2.82. The van der Waals surface area contributed by atoms with Crippen molar-refractivity contribution in [2.75, 3.05) is 45.5 Å². The van der Waals surface area contributed by atoms with E-state index in [0.717, 1.165) is 0 Å². The van der Waals surface area contributed by atoms with E-state index in [1.807, 2.05) is 0 Å². The Labute approximate surface area is 185 Å². The van der Waals surface area contributed by atoms with Gasteiger partial charge in [-0.25, -0.2) is 4.79 Å². The van der Waals surface area contributed by atoms with Gasteiger partial charge in [0.15, 0.2) is 5.75 Å². The molecule has 0 aromatic heterocycles. The zero-order chi connectivity index (χ0) is 23.5. The topological polar surface area (TPSA) is 117 Å². The molecular weight excluding hydrogens is 420 g/mol. The molecule has 1 amide bonds. The van der Waals surface area contributed by atoms with Gasteiger partial charge < -0.3 is 23.8 Å². The van der Waals surface area contributed by atoms with Crippen molar-refractivity contribution >= 4 is 23.3 Å². The van der Waals surface area contributed by atoms with Crippen molar-refractivity contribution in [1.82, 2.24) is 0 Å². The maximum atomic E-state index is 13.0. The number of nitro benzene ring substituents is 1. The molecule has 0 atom stereocenters. The molecule has 0 spiro atoms. The van der Waals surface area contributed by atoms with Crippen molar-refractivity contribution in [3.8, 4) is 11.5 Å². The van der Waals surface area contributed by atoms with Crippen LogP contribution in [0.4, 0.5) is 11.4 Å². The quantitative estimate of drug-likeness (QED) is 0.211. The summed E-state index contributed by atoms with van der Waals surface area (Å²) < 4.78 is 20.8. The van der Waals surface area contributed by atoms with E-state index in [4.69, 9.17) is 18.9 Å². The normalized spacial score (nSPS) is 10.3. The number of hydrogen-bond acceptors (Lipinski definition) is 8. The average Bonchev–Trinajstić information content (AvgIpc) is 2.80. The number of para-hydroxylation sites is 2. The van der Waals surface area contributed by atoms with Crippen LogP contribution in [0.1, 0.15) is 23.7 Å². The predicted octanol–water partition coefficient (Wildman–Crippen LogP) is 3.23. The summed E-state index contributed by atoms with van der Waals surface area (Å²) >= 11 is 0. The molecule has 0 aliphatic rings. The lowest BCUT2D eigenvalue weighted by molar-refractivity contribution is -0.385. The van der Waals surface area contributed by atoms with Crippen molar-refractivity contribution in [2.45, 2.75) is 13.3 Å². The Kier molecular flexibility index (Phi) is 9.43. The highest BCUT2D eigenvalue weighted by atomic mass is 16.6. The molecule has 0 saturated carbocycles. The Bertz CT molecular complexity index is 947. The maximum Gasteiger partial charge on any atom is 0.332 e. The van der Waals surface area contributed by atoms with E-state index in [1.54, 1.807) is 38.2 Å². The van der Waals surface area contributed by atoms with Gasteiger partial charge in [0.05, 0.1) is 37.5 Å². The van der Waals surface area contributed by atoms with Crippen LogP contribution in [0.15, 0.2) is 42.5 Å². The third-order valence-electron chi connectivity index (χ3n) is 4.37. The van der Waals surface area contributed by atoms with Gasteiger partial charge in [0.25, 0.3) is 5.91 Å². The molecule has 2 aromatic carbocycles. The number of carbonyl (C=O) groups excluding carboxylic acids is 2. The summed E-state index contributed by atoms with van der Waals surface area (Å²) in [5.41, 5.74) is 0.542. The van der Waals surface area contributed by atoms with Crippen LogP contribution in [0.2, 0.25) is 0 Å². The van der Waals surface area contributed by atoms with E-state index in [0.29, 0.717) is 37.7 Å². The molecule has 0 unspecified atom stereocenters. The van der Waals surface area contributed by atoms with Crippen LogP contribution in [0.25, 0.3) is 0 Å². The van der Waals surface area contributed by atoms with E-state index in [-0.39, 0.29) is 29.5 Å². The number of carbonyl (C=O) groups is 2. The highest BCUT2D eigenvalue weighted by Gasteiger charge is 2.21. The molecule has 2 rings (SSSR count). The molecule has 0 N–H and O–H groups in total. The minimum atomic E-state index is -0.573. The fourth-order valence-electron chi connectivity index (χ4n) is 2.82. The molecule has 32 heavy (non-hydrogen) atoms. The fraction of sp³-hybridized carbons (Fsp3) is 0.364. The van der Waals surface area contributed by atoms with Gasteiger partial charge in [0.1, 0.15) is 12.4 Å². The standard InChI is InChI=1S/C22H26N2O8/c1-4-31-21(25)15-30-12-7-13-32-19-9-6-5-8-17(19)23(2)22(26)16-10-11-18(24(27)28)20(14-16)29-3/h5-6,8-11,14H,4,7,12-13,15H2,1-3H3. The van der Waals surface area contributed by atoms with Gasteiger partial charge >= 0.3 is 11.7 Å². The number of anilines is 1.